The van der Waals surface area contributed by atoms with Crippen LogP contribution < -0.4 is 20.9 Å². The third-order valence-corrected chi connectivity index (χ3v) is 5.34. The van der Waals surface area contributed by atoms with Crippen molar-refractivity contribution in [2.24, 2.45) is 11.8 Å². The second-order valence-corrected chi connectivity index (χ2v) is 7.79. The molecule has 4 N–H and O–H groups in total. The highest BCUT2D eigenvalue weighted by Crippen LogP contribution is 2.50. The molecule has 0 heterocycles. The molecule has 3 rings (SSSR count). The Kier molecular flexibility index (Phi) is 6.32. The Labute approximate surface area is 186 Å². The van der Waals surface area contributed by atoms with Crippen LogP contribution in [-0.4, -0.2) is 18.1 Å². The molecule has 1 unspecified atom stereocenters. The van der Waals surface area contributed by atoms with E-state index in [1.165, 1.54) is 42.5 Å². The van der Waals surface area contributed by atoms with E-state index < -0.39 is 30.0 Å². The number of rotatable bonds is 5. The molecular weight excluding hydrogens is 450 g/mol. The maximum Gasteiger partial charge on any atom is 0.401 e. The third kappa shape index (κ3) is 5.20. The van der Waals surface area contributed by atoms with Crippen LogP contribution in [0.25, 0.3) is 0 Å². The molecule has 2 aromatic rings. The van der Waals surface area contributed by atoms with Crippen molar-refractivity contribution in [3.63, 3.8) is 0 Å². The van der Waals surface area contributed by atoms with Crippen molar-refractivity contribution in [1.82, 2.24) is 0 Å². The van der Waals surface area contributed by atoms with Crippen LogP contribution in [0.4, 0.5) is 37.7 Å². The normalized spacial score (nSPS) is 17.9. The number of allylic oxidation sites excluding steroid dienone is 2. The van der Waals surface area contributed by atoms with E-state index in [0.29, 0.717) is 11.1 Å². The summed E-state index contributed by atoms with van der Waals surface area (Å²) >= 11 is 0. The predicted molar refractivity (Wildman–Crippen MR) is 113 cm³/mol. The van der Waals surface area contributed by atoms with E-state index in [1.54, 1.807) is 13.8 Å². The maximum absolute atomic E-state index is 13.7. The molecule has 0 aliphatic heterocycles. The summed E-state index contributed by atoms with van der Waals surface area (Å²) in [6.07, 6.45) is -7.11. The van der Waals surface area contributed by atoms with Crippen LogP contribution >= 0.6 is 0 Å². The molecule has 1 atom stereocenters. The Morgan fingerprint density at radius 3 is 1.64 bits per heavy atom. The fraction of sp³-hybridized carbons (Fsp3) is 0.304. The van der Waals surface area contributed by atoms with Crippen LogP contribution in [0.3, 0.4) is 0 Å². The van der Waals surface area contributed by atoms with Crippen molar-refractivity contribution in [2.75, 3.05) is 11.5 Å². The van der Waals surface area contributed by atoms with Gasteiger partial charge in [0.05, 0.1) is 5.92 Å². The lowest BCUT2D eigenvalue weighted by Gasteiger charge is -2.42. The molecule has 0 bridgehead atoms. The summed E-state index contributed by atoms with van der Waals surface area (Å²) in [4.78, 5) is 0. The lowest BCUT2D eigenvalue weighted by atomic mass is 9.80. The van der Waals surface area contributed by atoms with Crippen LogP contribution in [-0.2, 0) is 0 Å². The first-order valence-electron chi connectivity index (χ1n) is 9.83. The average molecular weight is 472 g/mol. The summed E-state index contributed by atoms with van der Waals surface area (Å²) in [5, 5.41) is 0. The molecule has 0 fully saturated rings. The second-order valence-electron chi connectivity index (χ2n) is 7.79. The zero-order valence-corrected chi connectivity index (χ0v) is 17.7. The summed E-state index contributed by atoms with van der Waals surface area (Å²) in [5.41, 5.74) is 13.5. The zero-order valence-electron chi connectivity index (χ0n) is 17.7. The molecule has 1 aliphatic carbocycles. The van der Waals surface area contributed by atoms with Crippen molar-refractivity contribution in [3.05, 3.63) is 71.8 Å². The fourth-order valence-corrected chi connectivity index (χ4v) is 3.51. The number of ether oxygens (including phenoxy) is 2. The molecule has 0 amide bonds. The van der Waals surface area contributed by atoms with Gasteiger partial charge in [0.15, 0.2) is 5.92 Å². The van der Waals surface area contributed by atoms with E-state index in [4.69, 9.17) is 20.9 Å². The molecule has 0 saturated heterocycles. The summed E-state index contributed by atoms with van der Waals surface area (Å²) in [6, 6.07) is 8.46. The number of anilines is 2. The lowest BCUT2D eigenvalue weighted by Crippen LogP contribution is -2.56. The van der Waals surface area contributed by atoms with Crippen molar-refractivity contribution < 1.29 is 35.8 Å². The van der Waals surface area contributed by atoms with E-state index >= 15 is 0 Å². The van der Waals surface area contributed by atoms with Crippen LogP contribution in [0.5, 0.6) is 11.5 Å². The van der Waals surface area contributed by atoms with Gasteiger partial charge in [0.1, 0.15) is 11.5 Å². The molecule has 33 heavy (non-hydrogen) atoms. The van der Waals surface area contributed by atoms with Crippen molar-refractivity contribution in [1.29, 1.82) is 0 Å². The minimum atomic E-state index is -5.63. The van der Waals surface area contributed by atoms with E-state index in [9.17, 15) is 26.3 Å². The van der Waals surface area contributed by atoms with Gasteiger partial charge in [-0.25, -0.2) is 0 Å². The predicted octanol–water partition coefficient (Wildman–Crippen LogP) is 6.10. The molecule has 0 radical (unpaired) electrons. The first-order valence-corrected chi connectivity index (χ1v) is 9.83. The smallest absolute Gasteiger partial charge is 0.401 e. The number of benzene rings is 2. The summed E-state index contributed by atoms with van der Waals surface area (Å²) in [5.74, 6) is -8.71. The number of alkyl halides is 6. The number of aryl methyl sites for hydroxylation is 2. The highest BCUT2D eigenvalue weighted by molar-refractivity contribution is 5.52. The molecule has 178 valence electrons. The molecular formula is C23H22F6N2O2. The van der Waals surface area contributed by atoms with Gasteiger partial charge in [0, 0.05) is 29.6 Å². The molecule has 0 spiro atoms. The van der Waals surface area contributed by atoms with Gasteiger partial charge in [-0.15, -0.1) is 0 Å². The van der Waals surface area contributed by atoms with Gasteiger partial charge >= 0.3 is 12.4 Å². The van der Waals surface area contributed by atoms with Crippen LogP contribution in [0.1, 0.15) is 11.1 Å². The standard InChI is InChI=1S/C23H22F6N2O2/c1-13-6-8-15(11-18(13)30)32-21(33-16-9-7-14(2)19(31)12-16)10-4-3-5-17(21)20(22(24,25)26)23(27,28)29/h3-12,17,20H,30-31H2,1-2H3. The SMILES string of the molecule is Cc1ccc(OC2(Oc3ccc(C)c(N)c3)C=CC=CC2C(C(F)(F)F)C(F)(F)F)cc1N. The van der Waals surface area contributed by atoms with E-state index in [-0.39, 0.29) is 22.9 Å². The second kappa shape index (κ2) is 8.57. The minimum Gasteiger partial charge on any atom is -0.448 e. The minimum absolute atomic E-state index is 0.0637. The Morgan fingerprint density at radius 2 is 1.24 bits per heavy atom. The molecule has 10 heteroatoms. The topological polar surface area (TPSA) is 70.5 Å². The van der Waals surface area contributed by atoms with Crippen molar-refractivity contribution in [2.45, 2.75) is 32.0 Å². The van der Waals surface area contributed by atoms with Crippen LogP contribution in [0.2, 0.25) is 0 Å². The van der Waals surface area contributed by atoms with Gasteiger partial charge in [-0.1, -0.05) is 30.4 Å². The average Bonchev–Trinajstić information content (AvgIpc) is 2.67. The van der Waals surface area contributed by atoms with E-state index in [0.717, 1.165) is 18.2 Å². The Hall–Kier alpha value is -3.30. The van der Waals surface area contributed by atoms with Gasteiger partial charge in [-0.2, -0.15) is 26.3 Å². The summed E-state index contributed by atoms with van der Waals surface area (Å²) in [7, 11) is 0. The highest BCUT2D eigenvalue weighted by Gasteiger charge is 2.65. The molecule has 1 aliphatic rings. The van der Waals surface area contributed by atoms with Gasteiger partial charge in [-0.05, 0) is 37.1 Å². The quantitative estimate of drug-likeness (QED) is 0.313. The Bertz CT molecular complexity index is 1010. The van der Waals surface area contributed by atoms with Crippen molar-refractivity contribution in [3.8, 4) is 11.5 Å². The Balaban J connectivity index is 2.17. The largest absolute Gasteiger partial charge is 0.448 e. The molecule has 0 aromatic heterocycles. The number of hydrogen-bond acceptors (Lipinski definition) is 4. The van der Waals surface area contributed by atoms with E-state index in [2.05, 4.69) is 0 Å². The first kappa shape index (κ1) is 24.3. The fourth-order valence-electron chi connectivity index (χ4n) is 3.51. The number of nitrogen functional groups attached to an aromatic ring is 2. The Morgan fingerprint density at radius 1 is 0.788 bits per heavy atom. The molecule has 0 saturated carbocycles. The maximum atomic E-state index is 13.7. The first-order chi connectivity index (χ1) is 15.2. The van der Waals surface area contributed by atoms with Gasteiger partial charge in [0.25, 0.3) is 5.79 Å². The summed E-state index contributed by atoms with van der Waals surface area (Å²) in [6.45, 7) is 3.38. The third-order valence-electron chi connectivity index (χ3n) is 5.34. The molecule has 4 nitrogen and oxygen atoms in total. The molecule has 2 aromatic carbocycles. The zero-order chi connectivity index (χ0) is 24.6. The number of hydrogen-bond donors (Lipinski definition) is 2. The number of halogens is 6. The number of nitrogens with two attached hydrogens (primary N) is 2. The lowest BCUT2D eigenvalue weighted by molar-refractivity contribution is -0.314. The monoisotopic (exact) mass is 472 g/mol. The van der Waals surface area contributed by atoms with Gasteiger partial charge in [0.2, 0.25) is 0 Å². The van der Waals surface area contributed by atoms with Crippen molar-refractivity contribution >= 4 is 11.4 Å². The van der Waals surface area contributed by atoms with Crippen LogP contribution in [0, 0.1) is 25.7 Å². The summed E-state index contributed by atoms with van der Waals surface area (Å²) < 4.78 is 93.9. The van der Waals surface area contributed by atoms with E-state index in [1.807, 2.05) is 0 Å². The van der Waals surface area contributed by atoms with Gasteiger partial charge < -0.3 is 20.9 Å². The highest BCUT2D eigenvalue weighted by atomic mass is 19.4. The van der Waals surface area contributed by atoms with Crippen LogP contribution in [0.15, 0.2) is 60.7 Å². The van der Waals surface area contributed by atoms with Gasteiger partial charge in [-0.3, -0.25) is 0 Å².